The number of nitrogens with zero attached hydrogens (tertiary/aromatic N) is 1. The number of carbonyl (C=O) groups is 1. The first-order valence-corrected chi connectivity index (χ1v) is 6.71. The first-order valence-electron chi connectivity index (χ1n) is 6.71. The zero-order valence-corrected chi connectivity index (χ0v) is 11.4. The van der Waals surface area contributed by atoms with E-state index in [0.29, 0.717) is 6.04 Å². The van der Waals surface area contributed by atoms with Crippen molar-refractivity contribution in [2.75, 3.05) is 0 Å². The lowest BCUT2D eigenvalue weighted by atomic mass is 10.1. The predicted octanol–water partition coefficient (Wildman–Crippen LogP) is 4.60. The quantitative estimate of drug-likeness (QED) is 0.707. The van der Waals surface area contributed by atoms with Crippen LogP contribution in [0.1, 0.15) is 56.4 Å². The van der Waals surface area contributed by atoms with Gasteiger partial charge in [0, 0.05) is 28.7 Å². The number of aromatic nitrogens is 1. The minimum absolute atomic E-state index is 0.130. The molecule has 1 saturated carbocycles. The molecule has 2 nitrogen and oxygen atoms in total. The van der Waals surface area contributed by atoms with E-state index in [1.807, 2.05) is 24.4 Å². The second-order valence-electron chi connectivity index (χ2n) is 5.18. The number of Topliss-reactive ketones (excluding diaryl/α,β-unsaturated/α-hetero) is 1. The Morgan fingerprint density at radius 1 is 1.17 bits per heavy atom. The number of ketones is 1. The molecule has 1 aliphatic carbocycles. The SMILES string of the molecule is C1CC1.CC(=O)c1cn(C(C)C)c2ccccc12. The summed E-state index contributed by atoms with van der Waals surface area (Å²) in [5, 5.41) is 1.05. The van der Waals surface area contributed by atoms with E-state index in [2.05, 4.69) is 24.5 Å². The van der Waals surface area contributed by atoms with Gasteiger partial charge in [0.25, 0.3) is 0 Å². The first-order chi connectivity index (χ1) is 8.61. The Bertz CT molecular complexity index is 546. The number of hydrogen-bond donors (Lipinski definition) is 0. The molecule has 1 aromatic heterocycles. The number of carbonyl (C=O) groups excluding carboxylic acids is 1. The second kappa shape index (κ2) is 5.38. The maximum Gasteiger partial charge on any atom is 0.161 e. The van der Waals surface area contributed by atoms with Crippen molar-refractivity contribution in [2.45, 2.75) is 46.1 Å². The van der Waals surface area contributed by atoms with Crippen molar-refractivity contribution in [3.8, 4) is 0 Å². The van der Waals surface area contributed by atoms with E-state index in [0.717, 1.165) is 16.5 Å². The van der Waals surface area contributed by atoms with Crippen LogP contribution in [0.4, 0.5) is 0 Å². The third-order valence-electron chi connectivity index (χ3n) is 3.03. The Hall–Kier alpha value is -1.57. The highest BCUT2D eigenvalue weighted by Crippen LogP contribution is 2.24. The van der Waals surface area contributed by atoms with Crippen LogP contribution >= 0.6 is 0 Å². The van der Waals surface area contributed by atoms with E-state index in [4.69, 9.17) is 0 Å². The molecule has 0 spiro atoms. The standard InChI is InChI=1S/C13H15NO.C3H6/c1-9(2)14-8-12(10(3)15)11-6-4-5-7-13(11)14;1-2-3-1/h4-9H,1-3H3;1-3H2. The molecule has 0 amide bonds. The largest absolute Gasteiger partial charge is 0.344 e. The number of para-hydroxylation sites is 1. The van der Waals surface area contributed by atoms with Crippen LogP contribution in [0.5, 0.6) is 0 Å². The van der Waals surface area contributed by atoms with Crippen molar-refractivity contribution in [1.82, 2.24) is 4.57 Å². The summed E-state index contributed by atoms with van der Waals surface area (Å²) in [4.78, 5) is 11.5. The molecule has 1 heterocycles. The average Bonchev–Trinajstić information content (AvgIpc) is 3.15. The highest BCUT2D eigenvalue weighted by Gasteiger charge is 2.12. The number of rotatable bonds is 2. The summed E-state index contributed by atoms with van der Waals surface area (Å²) in [5.41, 5.74) is 1.96. The third kappa shape index (κ3) is 2.81. The van der Waals surface area contributed by atoms with Gasteiger partial charge in [0.1, 0.15) is 0 Å². The molecule has 0 aliphatic heterocycles. The lowest BCUT2D eigenvalue weighted by Gasteiger charge is -2.08. The summed E-state index contributed by atoms with van der Waals surface area (Å²) in [6, 6.07) is 8.42. The molecule has 1 fully saturated rings. The molecule has 2 heteroatoms. The zero-order valence-electron chi connectivity index (χ0n) is 11.4. The fourth-order valence-electron chi connectivity index (χ4n) is 1.91. The highest BCUT2D eigenvalue weighted by atomic mass is 16.1. The van der Waals surface area contributed by atoms with Crippen molar-refractivity contribution < 1.29 is 4.79 Å². The van der Waals surface area contributed by atoms with Crippen LogP contribution < -0.4 is 0 Å². The zero-order chi connectivity index (χ0) is 13.1. The molecule has 0 atom stereocenters. The van der Waals surface area contributed by atoms with Crippen LogP contribution in [-0.2, 0) is 0 Å². The fourth-order valence-corrected chi connectivity index (χ4v) is 1.91. The van der Waals surface area contributed by atoms with Gasteiger partial charge >= 0.3 is 0 Å². The maximum atomic E-state index is 11.5. The molecule has 0 saturated heterocycles. The summed E-state index contributed by atoms with van der Waals surface area (Å²) < 4.78 is 2.14. The van der Waals surface area contributed by atoms with E-state index < -0.39 is 0 Å². The van der Waals surface area contributed by atoms with Crippen LogP contribution in [0, 0.1) is 0 Å². The summed E-state index contributed by atoms with van der Waals surface area (Å²) in [7, 11) is 0. The van der Waals surface area contributed by atoms with Gasteiger partial charge in [0.2, 0.25) is 0 Å². The summed E-state index contributed by atoms with van der Waals surface area (Å²) in [6.07, 6.45) is 6.46. The monoisotopic (exact) mass is 243 g/mol. The summed E-state index contributed by atoms with van der Waals surface area (Å²) >= 11 is 0. The molecule has 0 unspecified atom stereocenters. The predicted molar refractivity (Wildman–Crippen MR) is 76.2 cm³/mol. The van der Waals surface area contributed by atoms with Gasteiger partial charge in [-0.2, -0.15) is 0 Å². The van der Waals surface area contributed by atoms with E-state index in [1.54, 1.807) is 6.92 Å². The topological polar surface area (TPSA) is 22.0 Å². The van der Waals surface area contributed by atoms with Crippen LogP contribution in [-0.4, -0.2) is 10.4 Å². The molecule has 0 bridgehead atoms. The van der Waals surface area contributed by atoms with Crippen molar-refractivity contribution in [3.63, 3.8) is 0 Å². The van der Waals surface area contributed by atoms with E-state index in [1.165, 1.54) is 19.3 Å². The fraction of sp³-hybridized carbons (Fsp3) is 0.438. The van der Waals surface area contributed by atoms with Gasteiger partial charge in [-0.3, -0.25) is 4.79 Å². The van der Waals surface area contributed by atoms with Crippen LogP contribution in [0.15, 0.2) is 30.5 Å². The van der Waals surface area contributed by atoms with Gasteiger partial charge in [0.05, 0.1) is 0 Å². The molecular weight excluding hydrogens is 222 g/mol. The molecule has 18 heavy (non-hydrogen) atoms. The van der Waals surface area contributed by atoms with E-state index >= 15 is 0 Å². The van der Waals surface area contributed by atoms with E-state index in [9.17, 15) is 4.79 Å². The molecule has 96 valence electrons. The molecule has 0 radical (unpaired) electrons. The lowest BCUT2D eigenvalue weighted by molar-refractivity contribution is 0.101. The number of fused-ring (bicyclic) bond motifs is 1. The Kier molecular flexibility index (Phi) is 3.85. The molecule has 1 aromatic carbocycles. The lowest BCUT2D eigenvalue weighted by Crippen LogP contribution is -1.98. The second-order valence-corrected chi connectivity index (χ2v) is 5.18. The van der Waals surface area contributed by atoms with Crippen molar-refractivity contribution in [1.29, 1.82) is 0 Å². The third-order valence-corrected chi connectivity index (χ3v) is 3.03. The minimum atomic E-state index is 0.130. The van der Waals surface area contributed by atoms with Gasteiger partial charge in [-0.25, -0.2) is 0 Å². The normalized spacial score (nSPS) is 13.3. The van der Waals surface area contributed by atoms with Gasteiger partial charge in [-0.15, -0.1) is 0 Å². The summed E-state index contributed by atoms with van der Waals surface area (Å²) in [6.45, 7) is 5.86. The molecule has 0 N–H and O–H groups in total. The molecule has 1 aliphatic rings. The Morgan fingerprint density at radius 3 is 2.28 bits per heavy atom. The van der Waals surface area contributed by atoms with Crippen LogP contribution in [0.3, 0.4) is 0 Å². The average molecular weight is 243 g/mol. The minimum Gasteiger partial charge on any atom is -0.344 e. The number of benzene rings is 1. The molecule has 2 aromatic rings. The van der Waals surface area contributed by atoms with Crippen LogP contribution in [0.2, 0.25) is 0 Å². The maximum absolute atomic E-state index is 11.5. The van der Waals surface area contributed by atoms with Crippen molar-refractivity contribution in [2.24, 2.45) is 0 Å². The Balaban J connectivity index is 0.000000350. The Morgan fingerprint density at radius 2 is 1.78 bits per heavy atom. The molecular formula is C16H21NO. The van der Waals surface area contributed by atoms with Gasteiger partial charge in [-0.05, 0) is 26.8 Å². The summed E-state index contributed by atoms with van der Waals surface area (Å²) in [5.74, 6) is 0.130. The Labute approximate surface area is 109 Å². The van der Waals surface area contributed by atoms with E-state index in [-0.39, 0.29) is 5.78 Å². The van der Waals surface area contributed by atoms with Crippen LogP contribution in [0.25, 0.3) is 10.9 Å². The van der Waals surface area contributed by atoms with Gasteiger partial charge in [-0.1, -0.05) is 37.5 Å². The number of hydrogen-bond acceptors (Lipinski definition) is 1. The van der Waals surface area contributed by atoms with Gasteiger partial charge < -0.3 is 4.57 Å². The van der Waals surface area contributed by atoms with Crippen molar-refractivity contribution >= 4 is 16.7 Å². The molecule has 3 rings (SSSR count). The van der Waals surface area contributed by atoms with Crippen molar-refractivity contribution in [3.05, 3.63) is 36.0 Å². The first kappa shape index (κ1) is 12.9. The van der Waals surface area contributed by atoms with Gasteiger partial charge in [0.15, 0.2) is 5.78 Å². The highest BCUT2D eigenvalue weighted by molar-refractivity contribution is 6.06. The smallest absolute Gasteiger partial charge is 0.161 e.